The van der Waals surface area contributed by atoms with Gasteiger partial charge < -0.3 is 14.2 Å². The van der Waals surface area contributed by atoms with Crippen molar-refractivity contribution in [2.45, 2.75) is 59.3 Å². The molecule has 2 heterocycles. The van der Waals surface area contributed by atoms with Crippen LogP contribution >= 0.6 is 0 Å². The predicted octanol–water partition coefficient (Wildman–Crippen LogP) is 4.02. The van der Waals surface area contributed by atoms with E-state index in [2.05, 4.69) is 26.0 Å². The molecule has 1 saturated heterocycles. The Balaban J connectivity index is 1.60. The second-order valence-electron chi connectivity index (χ2n) is 8.34. The van der Waals surface area contributed by atoms with E-state index < -0.39 is 0 Å². The van der Waals surface area contributed by atoms with Gasteiger partial charge in [-0.1, -0.05) is 44.2 Å². The van der Waals surface area contributed by atoms with E-state index in [0.29, 0.717) is 37.7 Å². The molecule has 1 amide bonds. The maximum Gasteiger partial charge on any atom is 0.263 e. The SMILES string of the molecule is Cc1ccn(CCC(C)C)c(=O)c1C(=O)N1CCC(OCc2ccccc2)CC1. The maximum absolute atomic E-state index is 13.1. The normalized spacial score (nSPS) is 15.1. The van der Waals surface area contributed by atoms with Crippen LogP contribution in [0.3, 0.4) is 0 Å². The van der Waals surface area contributed by atoms with Crippen LogP contribution in [0, 0.1) is 12.8 Å². The first kappa shape index (κ1) is 21.3. The molecular weight excluding hydrogens is 364 g/mol. The lowest BCUT2D eigenvalue weighted by molar-refractivity contribution is -0.000446. The molecule has 0 atom stereocenters. The third-order valence-corrected chi connectivity index (χ3v) is 5.59. The summed E-state index contributed by atoms with van der Waals surface area (Å²) < 4.78 is 7.70. The van der Waals surface area contributed by atoms with E-state index in [1.165, 1.54) is 0 Å². The van der Waals surface area contributed by atoms with Gasteiger partial charge in [0, 0.05) is 25.8 Å². The van der Waals surface area contributed by atoms with Crippen molar-refractivity contribution in [2.24, 2.45) is 5.92 Å². The van der Waals surface area contributed by atoms with E-state index in [0.717, 1.165) is 30.4 Å². The topological polar surface area (TPSA) is 51.5 Å². The first-order valence-corrected chi connectivity index (χ1v) is 10.6. The lowest BCUT2D eigenvalue weighted by atomic mass is 10.0. The second-order valence-corrected chi connectivity index (χ2v) is 8.34. The number of aromatic nitrogens is 1. The van der Waals surface area contributed by atoms with Crippen LogP contribution in [-0.4, -0.2) is 34.6 Å². The zero-order chi connectivity index (χ0) is 20.8. The fourth-order valence-corrected chi connectivity index (χ4v) is 3.67. The van der Waals surface area contributed by atoms with Gasteiger partial charge in [0.1, 0.15) is 5.56 Å². The van der Waals surface area contributed by atoms with Gasteiger partial charge in [0.2, 0.25) is 0 Å². The van der Waals surface area contributed by atoms with Crippen LogP contribution in [0.1, 0.15) is 54.6 Å². The number of ether oxygens (including phenoxy) is 1. The average Bonchev–Trinajstić information content (AvgIpc) is 2.72. The minimum Gasteiger partial charge on any atom is -0.373 e. The van der Waals surface area contributed by atoms with E-state index in [4.69, 9.17) is 4.74 Å². The molecule has 29 heavy (non-hydrogen) atoms. The Kier molecular flexibility index (Phi) is 7.26. The van der Waals surface area contributed by atoms with Crippen LogP contribution in [0.5, 0.6) is 0 Å². The molecule has 156 valence electrons. The quantitative estimate of drug-likeness (QED) is 0.710. The molecule has 0 unspecified atom stereocenters. The summed E-state index contributed by atoms with van der Waals surface area (Å²) in [6.07, 6.45) is 4.47. The predicted molar refractivity (Wildman–Crippen MR) is 115 cm³/mol. The number of aryl methyl sites for hydroxylation is 2. The number of rotatable bonds is 7. The third kappa shape index (κ3) is 5.57. The minimum atomic E-state index is -0.168. The number of likely N-dealkylation sites (tertiary alicyclic amines) is 1. The fraction of sp³-hybridized carbons (Fsp3) is 0.500. The molecule has 0 aliphatic carbocycles. The fourth-order valence-electron chi connectivity index (χ4n) is 3.67. The van der Waals surface area contributed by atoms with Gasteiger partial charge in [0.05, 0.1) is 12.7 Å². The number of piperidine rings is 1. The monoisotopic (exact) mass is 396 g/mol. The molecular formula is C24H32N2O3. The van der Waals surface area contributed by atoms with Crippen molar-refractivity contribution in [1.82, 2.24) is 9.47 Å². The molecule has 5 heteroatoms. The Labute approximate surface area is 173 Å². The van der Waals surface area contributed by atoms with Crippen LogP contribution in [0.15, 0.2) is 47.4 Å². The highest BCUT2D eigenvalue weighted by Crippen LogP contribution is 2.18. The highest BCUT2D eigenvalue weighted by atomic mass is 16.5. The van der Waals surface area contributed by atoms with Crippen LogP contribution in [-0.2, 0) is 17.9 Å². The standard InChI is InChI=1S/C24H32N2O3/c1-18(2)9-13-25-14-10-19(3)22(23(25)27)24(28)26-15-11-21(12-16-26)29-17-20-7-5-4-6-8-20/h4-8,10,14,18,21H,9,11-13,15-17H2,1-3H3. The Morgan fingerprint density at radius 3 is 2.48 bits per heavy atom. The Morgan fingerprint density at radius 1 is 1.14 bits per heavy atom. The molecule has 1 fully saturated rings. The summed E-state index contributed by atoms with van der Waals surface area (Å²) in [6, 6.07) is 12.0. The lowest BCUT2D eigenvalue weighted by Crippen LogP contribution is -2.43. The zero-order valence-corrected chi connectivity index (χ0v) is 17.8. The summed E-state index contributed by atoms with van der Waals surface area (Å²) in [5.41, 5.74) is 2.06. The number of benzene rings is 1. The maximum atomic E-state index is 13.1. The van der Waals surface area contributed by atoms with Gasteiger partial charge >= 0.3 is 0 Å². The number of nitrogens with zero attached hydrogens (tertiary/aromatic N) is 2. The number of pyridine rings is 1. The summed E-state index contributed by atoms with van der Waals surface area (Å²) in [4.78, 5) is 27.8. The summed E-state index contributed by atoms with van der Waals surface area (Å²) in [5.74, 6) is 0.366. The van der Waals surface area contributed by atoms with Crippen molar-refractivity contribution in [1.29, 1.82) is 0 Å². The van der Waals surface area contributed by atoms with Crippen molar-refractivity contribution in [3.05, 3.63) is 69.6 Å². The van der Waals surface area contributed by atoms with Gasteiger partial charge in [-0.05, 0) is 49.3 Å². The molecule has 0 bridgehead atoms. The van der Waals surface area contributed by atoms with Crippen LogP contribution in [0.4, 0.5) is 0 Å². The Hall–Kier alpha value is -2.40. The van der Waals surface area contributed by atoms with Crippen molar-refractivity contribution in [3.63, 3.8) is 0 Å². The number of carbonyl (C=O) groups excluding carboxylic acids is 1. The van der Waals surface area contributed by atoms with Gasteiger partial charge in [-0.15, -0.1) is 0 Å². The Morgan fingerprint density at radius 2 is 1.83 bits per heavy atom. The molecule has 0 N–H and O–H groups in total. The van der Waals surface area contributed by atoms with Gasteiger partial charge in [0.25, 0.3) is 11.5 Å². The molecule has 3 rings (SSSR count). The highest BCUT2D eigenvalue weighted by Gasteiger charge is 2.27. The highest BCUT2D eigenvalue weighted by molar-refractivity contribution is 5.95. The molecule has 0 radical (unpaired) electrons. The van der Waals surface area contributed by atoms with E-state index in [1.54, 1.807) is 15.7 Å². The number of amides is 1. The van der Waals surface area contributed by atoms with Gasteiger partial charge in [-0.25, -0.2) is 0 Å². The molecule has 1 aliphatic heterocycles. The van der Waals surface area contributed by atoms with Crippen LogP contribution in [0.2, 0.25) is 0 Å². The largest absolute Gasteiger partial charge is 0.373 e. The number of carbonyl (C=O) groups is 1. The van der Waals surface area contributed by atoms with Gasteiger partial charge in [-0.2, -0.15) is 0 Å². The van der Waals surface area contributed by atoms with Crippen molar-refractivity contribution in [3.8, 4) is 0 Å². The molecule has 5 nitrogen and oxygen atoms in total. The zero-order valence-electron chi connectivity index (χ0n) is 17.8. The molecule has 2 aromatic rings. The molecule has 1 aromatic carbocycles. The van der Waals surface area contributed by atoms with Gasteiger partial charge in [0.15, 0.2) is 0 Å². The number of hydrogen-bond acceptors (Lipinski definition) is 3. The lowest BCUT2D eigenvalue weighted by Gasteiger charge is -2.32. The summed E-state index contributed by atoms with van der Waals surface area (Å²) in [7, 11) is 0. The average molecular weight is 397 g/mol. The molecule has 1 aromatic heterocycles. The summed E-state index contributed by atoms with van der Waals surface area (Å²) in [6.45, 7) is 8.60. The second kappa shape index (κ2) is 9.88. The van der Waals surface area contributed by atoms with Crippen molar-refractivity contribution >= 4 is 5.91 Å². The first-order chi connectivity index (χ1) is 14.0. The van der Waals surface area contributed by atoms with Crippen LogP contribution in [0.25, 0.3) is 0 Å². The molecule has 0 saturated carbocycles. The summed E-state index contributed by atoms with van der Waals surface area (Å²) >= 11 is 0. The van der Waals surface area contributed by atoms with E-state index in [1.807, 2.05) is 31.2 Å². The van der Waals surface area contributed by atoms with Crippen molar-refractivity contribution in [2.75, 3.05) is 13.1 Å². The van der Waals surface area contributed by atoms with E-state index in [9.17, 15) is 9.59 Å². The third-order valence-electron chi connectivity index (χ3n) is 5.59. The number of hydrogen-bond donors (Lipinski definition) is 0. The van der Waals surface area contributed by atoms with Crippen molar-refractivity contribution < 1.29 is 9.53 Å². The van der Waals surface area contributed by atoms with Gasteiger partial charge in [-0.3, -0.25) is 9.59 Å². The Bertz CT molecular complexity index is 865. The van der Waals surface area contributed by atoms with E-state index in [-0.39, 0.29) is 17.6 Å². The van der Waals surface area contributed by atoms with E-state index >= 15 is 0 Å². The molecule has 0 spiro atoms. The molecule has 1 aliphatic rings. The minimum absolute atomic E-state index is 0.145. The van der Waals surface area contributed by atoms with Crippen LogP contribution < -0.4 is 5.56 Å². The smallest absolute Gasteiger partial charge is 0.263 e. The first-order valence-electron chi connectivity index (χ1n) is 10.6. The summed E-state index contributed by atoms with van der Waals surface area (Å²) in [5, 5.41) is 0.